The monoisotopic (exact) mass is 216 g/mol. The number of ketones is 1. The van der Waals surface area contributed by atoms with E-state index in [4.69, 9.17) is 0 Å². The number of aromatic nitrogens is 2. The Balaban J connectivity index is 2.99. The Bertz CT molecular complexity index is 410. The van der Waals surface area contributed by atoms with E-state index in [0.29, 0.717) is 11.8 Å². The molecule has 0 unspecified atom stereocenters. The lowest BCUT2D eigenvalue weighted by atomic mass is 10.2. The first-order valence-corrected chi connectivity index (χ1v) is 4.15. The molecule has 1 aromatic heterocycles. The van der Waals surface area contributed by atoms with Crippen molar-refractivity contribution in [3.63, 3.8) is 0 Å². The van der Waals surface area contributed by atoms with Crippen LogP contribution in [0.1, 0.15) is 11.3 Å². The van der Waals surface area contributed by atoms with Gasteiger partial charge in [-0.3, -0.25) is 9.48 Å². The molecule has 1 N–H and O–H groups in total. The predicted octanol–water partition coefficient (Wildman–Crippen LogP) is 1.46. The molecule has 1 rings (SSSR count). The lowest BCUT2D eigenvalue weighted by molar-refractivity contribution is -0.124. The maximum absolute atomic E-state index is 11.9. The van der Waals surface area contributed by atoms with Crippen molar-refractivity contribution in [1.82, 2.24) is 9.78 Å². The van der Waals surface area contributed by atoms with Gasteiger partial charge in [-0.1, -0.05) is 0 Å². The molecule has 0 radical (unpaired) electrons. The molecule has 0 amide bonds. The maximum atomic E-state index is 11.9. The Morgan fingerprint density at radius 2 is 2.27 bits per heavy atom. The van der Waals surface area contributed by atoms with Gasteiger partial charge in [-0.2, -0.15) is 5.10 Å². The Morgan fingerprint density at radius 1 is 1.67 bits per heavy atom. The van der Waals surface area contributed by atoms with Crippen LogP contribution in [0.25, 0.3) is 5.76 Å². The zero-order valence-electron chi connectivity index (χ0n) is 8.24. The Labute approximate surface area is 84.8 Å². The van der Waals surface area contributed by atoms with E-state index in [9.17, 15) is 18.7 Å². The van der Waals surface area contributed by atoms with Gasteiger partial charge in [0.05, 0.1) is 11.8 Å². The molecular weight excluding hydrogens is 206 g/mol. The number of alkyl halides is 2. The number of halogens is 2. The molecule has 1 heterocycles. The second-order valence-electron chi connectivity index (χ2n) is 3.00. The van der Waals surface area contributed by atoms with E-state index < -0.39 is 18.0 Å². The summed E-state index contributed by atoms with van der Waals surface area (Å²) in [6.45, 7) is 1.65. The fourth-order valence-electron chi connectivity index (χ4n) is 1.03. The summed E-state index contributed by atoms with van der Waals surface area (Å²) >= 11 is 0. The quantitative estimate of drug-likeness (QED) is 0.614. The molecule has 1 aromatic rings. The van der Waals surface area contributed by atoms with Crippen molar-refractivity contribution in [1.29, 1.82) is 0 Å². The normalized spacial score (nSPS) is 12.2. The molecule has 0 aliphatic heterocycles. The molecule has 15 heavy (non-hydrogen) atoms. The topological polar surface area (TPSA) is 55.1 Å². The van der Waals surface area contributed by atoms with Crippen LogP contribution in [-0.4, -0.2) is 27.1 Å². The summed E-state index contributed by atoms with van der Waals surface area (Å²) in [4.78, 5) is 10.6. The number of rotatable bonds is 3. The number of nitrogens with zero attached hydrogens (tertiary/aromatic N) is 2. The summed E-state index contributed by atoms with van der Waals surface area (Å²) in [5.41, 5.74) is 0.859. The molecule has 0 aliphatic carbocycles. The van der Waals surface area contributed by atoms with E-state index >= 15 is 0 Å². The minimum atomic E-state index is -3.11. The number of carbonyl (C=O) groups excluding carboxylic acids is 1. The largest absolute Gasteiger partial charge is 0.507 e. The van der Waals surface area contributed by atoms with E-state index in [1.807, 2.05) is 0 Å². The van der Waals surface area contributed by atoms with E-state index in [1.165, 1.54) is 10.9 Å². The van der Waals surface area contributed by atoms with E-state index in [-0.39, 0.29) is 5.56 Å². The van der Waals surface area contributed by atoms with E-state index in [1.54, 1.807) is 14.0 Å². The molecule has 0 aromatic carbocycles. The average Bonchev–Trinajstić information content (AvgIpc) is 2.47. The molecule has 0 aliphatic rings. The summed E-state index contributed by atoms with van der Waals surface area (Å²) in [7, 11) is 1.64. The average molecular weight is 216 g/mol. The van der Waals surface area contributed by atoms with Crippen molar-refractivity contribution in [3.8, 4) is 0 Å². The smallest absolute Gasteiger partial charge is 0.300 e. The zero-order chi connectivity index (χ0) is 11.6. The van der Waals surface area contributed by atoms with E-state index in [2.05, 4.69) is 5.10 Å². The second kappa shape index (κ2) is 4.20. The number of hydrogen-bond acceptors (Lipinski definition) is 3. The van der Waals surface area contributed by atoms with E-state index in [0.717, 1.165) is 0 Å². The number of carbonyl (C=O) groups is 1. The highest BCUT2D eigenvalue weighted by Gasteiger charge is 2.15. The summed E-state index contributed by atoms with van der Waals surface area (Å²) in [5, 5.41) is 13.2. The first-order chi connectivity index (χ1) is 6.93. The van der Waals surface area contributed by atoms with Crippen LogP contribution in [0.3, 0.4) is 0 Å². The van der Waals surface area contributed by atoms with Crippen LogP contribution in [0.4, 0.5) is 8.78 Å². The fraction of sp³-hybridized carbons (Fsp3) is 0.333. The van der Waals surface area contributed by atoms with Crippen LogP contribution in [0.2, 0.25) is 0 Å². The van der Waals surface area contributed by atoms with Crippen LogP contribution in [0.5, 0.6) is 0 Å². The van der Waals surface area contributed by atoms with Gasteiger partial charge in [-0.05, 0) is 6.92 Å². The minimum absolute atomic E-state index is 0.270. The van der Waals surface area contributed by atoms with Gasteiger partial charge in [0.1, 0.15) is 5.76 Å². The minimum Gasteiger partial charge on any atom is -0.507 e. The third-order valence-electron chi connectivity index (χ3n) is 2.01. The fourth-order valence-corrected chi connectivity index (χ4v) is 1.03. The van der Waals surface area contributed by atoms with Gasteiger partial charge >= 0.3 is 0 Å². The highest BCUT2D eigenvalue weighted by molar-refractivity contribution is 5.97. The molecule has 0 fully saturated rings. The lowest BCUT2D eigenvalue weighted by Crippen LogP contribution is -2.06. The Morgan fingerprint density at radius 3 is 2.67 bits per heavy atom. The summed E-state index contributed by atoms with van der Waals surface area (Å²) in [6.07, 6.45) is -1.29. The Hall–Kier alpha value is -1.72. The van der Waals surface area contributed by atoms with Crippen molar-refractivity contribution in [2.45, 2.75) is 13.3 Å². The molecule has 82 valence electrons. The third-order valence-corrected chi connectivity index (χ3v) is 2.01. The summed E-state index contributed by atoms with van der Waals surface area (Å²) < 4.78 is 25.2. The number of aryl methyl sites for hydroxylation is 1. The summed E-state index contributed by atoms with van der Waals surface area (Å²) in [5.74, 6) is -1.92. The summed E-state index contributed by atoms with van der Waals surface area (Å²) in [6, 6.07) is 0. The number of hydrogen-bond donors (Lipinski definition) is 1. The van der Waals surface area contributed by atoms with Crippen LogP contribution in [0.15, 0.2) is 12.3 Å². The molecule has 6 heteroatoms. The standard InChI is InChI=1S/C9H10F2N2O2/c1-5-6(4-12-13(5)2)7(14)3-8(15)9(10)11/h3-4,9,14H,1-2H3. The number of aliphatic hydroxyl groups excluding tert-OH is 1. The number of aliphatic hydroxyl groups is 1. The second-order valence-corrected chi connectivity index (χ2v) is 3.00. The molecule has 0 atom stereocenters. The van der Waals surface area contributed by atoms with Crippen molar-refractivity contribution in [2.75, 3.05) is 0 Å². The van der Waals surface area contributed by atoms with Gasteiger partial charge in [0.25, 0.3) is 6.43 Å². The van der Waals surface area contributed by atoms with Crippen molar-refractivity contribution in [2.24, 2.45) is 7.05 Å². The SMILES string of the molecule is Cc1c(C(O)=CC(=O)C(F)F)cnn1C. The Kier molecular flexibility index (Phi) is 3.18. The van der Waals surface area contributed by atoms with Crippen LogP contribution >= 0.6 is 0 Å². The number of allylic oxidation sites excluding steroid dienone is 1. The highest BCUT2D eigenvalue weighted by Crippen LogP contribution is 2.15. The predicted molar refractivity (Wildman–Crippen MR) is 49.6 cm³/mol. The molecule has 4 nitrogen and oxygen atoms in total. The van der Waals surface area contributed by atoms with Gasteiger partial charge in [-0.15, -0.1) is 0 Å². The molecule has 0 spiro atoms. The van der Waals surface area contributed by atoms with Crippen molar-refractivity contribution in [3.05, 3.63) is 23.5 Å². The molecule has 0 saturated carbocycles. The third kappa shape index (κ3) is 2.39. The first-order valence-electron chi connectivity index (χ1n) is 4.15. The van der Waals surface area contributed by atoms with Gasteiger partial charge in [0.2, 0.25) is 5.78 Å². The van der Waals surface area contributed by atoms with Crippen molar-refractivity contribution < 1.29 is 18.7 Å². The van der Waals surface area contributed by atoms with Gasteiger partial charge in [-0.25, -0.2) is 8.78 Å². The van der Waals surface area contributed by atoms with Crippen molar-refractivity contribution >= 4 is 11.5 Å². The van der Waals surface area contributed by atoms with Crippen LogP contribution in [0, 0.1) is 6.92 Å². The lowest BCUT2D eigenvalue weighted by Gasteiger charge is -1.99. The van der Waals surface area contributed by atoms with Gasteiger partial charge < -0.3 is 5.11 Å². The zero-order valence-corrected chi connectivity index (χ0v) is 8.24. The van der Waals surface area contributed by atoms with Gasteiger partial charge in [0, 0.05) is 18.8 Å². The van der Waals surface area contributed by atoms with Crippen LogP contribution in [-0.2, 0) is 11.8 Å². The van der Waals surface area contributed by atoms with Crippen LogP contribution < -0.4 is 0 Å². The maximum Gasteiger partial charge on any atom is 0.300 e. The molecular formula is C9H10F2N2O2. The molecule has 0 bridgehead atoms. The first kappa shape index (κ1) is 11.4. The highest BCUT2D eigenvalue weighted by atomic mass is 19.3. The van der Waals surface area contributed by atoms with Gasteiger partial charge in [0.15, 0.2) is 0 Å². The molecule has 0 saturated heterocycles.